The Morgan fingerprint density at radius 3 is 3.00 bits per heavy atom. The summed E-state index contributed by atoms with van der Waals surface area (Å²) in [7, 11) is 1.85. The van der Waals surface area contributed by atoms with Gasteiger partial charge in [0.25, 0.3) is 0 Å². The van der Waals surface area contributed by atoms with Crippen molar-refractivity contribution in [1.29, 1.82) is 0 Å². The van der Waals surface area contributed by atoms with Crippen molar-refractivity contribution in [2.24, 2.45) is 12.8 Å². The van der Waals surface area contributed by atoms with Gasteiger partial charge < -0.3 is 15.2 Å². The second-order valence-electron chi connectivity index (χ2n) is 5.96. The predicted molar refractivity (Wildman–Crippen MR) is 88.0 cm³/mol. The lowest BCUT2D eigenvalue weighted by Crippen LogP contribution is -2.42. The largest absolute Gasteiger partial charge is 0.368 e. The number of carbonyl (C=O) groups excluding carboxylic acids is 1. The summed E-state index contributed by atoms with van der Waals surface area (Å²) in [5.74, 6) is 0.343. The standard InChI is InChI=1S/C17H17N5O2/c1-21-9-12(8-19-21)14-7-13(24-20-14)10-22-15-5-3-2-4-11(15)6-16(22)17(18)23/h2-5,7-9,16H,6,10H2,1H3,(H2,18,23)/t16-/m0/s1. The average molecular weight is 323 g/mol. The minimum atomic E-state index is -0.366. The normalized spacial score (nSPS) is 16.4. The second kappa shape index (κ2) is 5.52. The van der Waals surface area contributed by atoms with Crippen LogP contribution in [0.3, 0.4) is 0 Å². The molecule has 0 spiro atoms. The van der Waals surface area contributed by atoms with E-state index in [1.165, 1.54) is 0 Å². The topological polar surface area (TPSA) is 90.2 Å². The van der Waals surface area contributed by atoms with Crippen LogP contribution in [-0.2, 0) is 24.8 Å². The Morgan fingerprint density at radius 2 is 2.25 bits per heavy atom. The highest BCUT2D eigenvalue weighted by molar-refractivity contribution is 5.86. The second-order valence-corrected chi connectivity index (χ2v) is 5.96. The van der Waals surface area contributed by atoms with Crippen LogP contribution in [0.4, 0.5) is 5.69 Å². The van der Waals surface area contributed by atoms with Crippen molar-refractivity contribution in [3.63, 3.8) is 0 Å². The quantitative estimate of drug-likeness (QED) is 0.785. The summed E-state index contributed by atoms with van der Waals surface area (Å²) < 4.78 is 7.16. The van der Waals surface area contributed by atoms with Crippen molar-refractivity contribution >= 4 is 11.6 Å². The molecule has 0 unspecified atom stereocenters. The van der Waals surface area contributed by atoms with Gasteiger partial charge in [0.15, 0.2) is 5.76 Å². The third-order valence-electron chi connectivity index (χ3n) is 4.30. The Balaban J connectivity index is 1.62. The van der Waals surface area contributed by atoms with Gasteiger partial charge in [-0.2, -0.15) is 5.10 Å². The molecule has 122 valence electrons. The van der Waals surface area contributed by atoms with Crippen LogP contribution in [0, 0.1) is 0 Å². The number of fused-ring (bicyclic) bond motifs is 1. The first-order valence-corrected chi connectivity index (χ1v) is 7.70. The van der Waals surface area contributed by atoms with E-state index in [-0.39, 0.29) is 11.9 Å². The lowest BCUT2D eigenvalue weighted by atomic mass is 10.1. The molecule has 0 radical (unpaired) electrons. The first kappa shape index (κ1) is 14.5. The maximum absolute atomic E-state index is 11.8. The molecule has 7 nitrogen and oxygen atoms in total. The van der Waals surface area contributed by atoms with Crippen LogP contribution in [-0.4, -0.2) is 26.9 Å². The van der Waals surface area contributed by atoms with Gasteiger partial charge in [-0.05, 0) is 11.6 Å². The molecular formula is C17H17N5O2. The molecule has 2 aromatic heterocycles. The summed E-state index contributed by atoms with van der Waals surface area (Å²) in [6, 6.07) is 9.44. The van der Waals surface area contributed by atoms with E-state index >= 15 is 0 Å². The van der Waals surface area contributed by atoms with Gasteiger partial charge in [0, 0.05) is 37.0 Å². The zero-order valence-corrected chi connectivity index (χ0v) is 13.2. The zero-order chi connectivity index (χ0) is 16.7. The molecule has 0 fully saturated rings. The smallest absolute Gasteiger partial charge is 0.240 e. The van der Waals surface area contributed by atoms with Gasteiger partial charge >= 0.3 is 0 Å². The van der Waals surface area contributed by atoms with Crippen molar-refractivity contribution in [3.05, 3.63) is 54.0 Å². The van der Waals surface area contributed by atoms with Gasteiger partial charge in [0.2, 0.25) is 5.91 Å². The molecule has 3 heterocycles. The van der Waals surface area contributed by atoms with E-state index < -0.39 is 0 Å². The van der Waals surface area contributed by atoms with Crippen LogP contribution in [0.15, 0.2) is 47.2 Å². The molecule has 1 atom stereocenters. The molecule has 4 rings (SSSR count). The van der Waals surface area contributed by atoms with Crippen molar-refractivity contribution in [3.8, 4) is 11.3 Å². The van der Waals surface area contributed by atoms with Crippen LogP contribution in [0.25, 0.3) is 11.3 Å². The molecule has 0 saturated heterocycles. The number of amides is 1. The van der Waals surface area contributed by atoms with Gasteiger partial charge in [-0.1, -0.05) is 23.4 Å². The third-order valence-corrected chi connectivity index (χ3v) is 4.30. The summed E-state index contributed by atoms with van der Waals surface area (Å²) in [6.07, 6.45) is 4.23. The fourth-order valence-corrected chi connectivity index (χ4v) is 3.14. The molecular weight excluding hydrogens is 306 g/mol. The van der Waals surface area contributed by atoms with E-state index in [4.69, 9.17) is 10.3 Å². The molecule has 2 N–H and O–H groups in total. The monoisotopic (exact) mass is 323 g/mol. The van der Waals surface area contributed by atoms with Gasteiger partial charge in [0.05, 0.1) is 12.7 Å². The lowest BCUT2D eigenvalue weighted by Gasteiger charge is -2.23. The number of aryl methyl sites for hydroxylation is 1. The summed E-state index contributed by atoms with van der Waals surface area (Å²) >= 11 is 0. The van der Waals surface area contributed by atoms with Gasteiger partial charge in [0.1, 0.15) is 11.7 Å². The Kier molecular flexibility index (Phi) is 3.34. The fourth-order valence-electron chi connectivity index (χ4n) is 3.14. The Bertz CT molecular complexity index is 898. The number of hydrogen-bond donors (Lipinski definition) is 1. The van der Waals surface area contributed by atoms with Crippen LogP contribution >= 0.6 is 0 Å². The van der Waals surface area contributed by atoms with E-state index in [0.29, 0.717) is 18.7 Å². The maximum Gasteiger partial charge on any atom is 0.240 e. The number of aromatic nitrogens is 3. The van der Waals surface area contributed by atoms with Crippen LogP contribution in [0.1, 0.15) is 11.3 Å². The molecule has 0 bridgehead atoms. The number of rotatable bonds is 4. The minimum absolute atomic E-state index is 0.335. The Labute approximate surface area is 138 Å². The summed E-state index contributed by atoms with van der Waals surface area (Å²) in [5.41, 5.74) is 9.33. The van der Waals surface area contributed by atoms with E-state index in [0.717, 1.165) is 22.5 Å². The zero-order valence-electron chi connectivity index (χ0n) is 13.2. The summed E-state index contributed by atoms with van der Waals surface area (Å²) in [6.45, 7) is 0.442. The maximum atomic E-state index is 11.8. The molecule has 1 aromatic carbocycles. The molecule has 1 aliphatic heterocycles. The number of primary amides is 1. The molecule has 7 heteroatoms. The lowest BCUT2D eigenvalue weighted by molar-refractivity contribution is -0.119. The third kappa shape index (κ3) is 2.44. The highest BCUT2D eigenvalue weighted by atomic mass is 16.5. The van der Waals surface area contributed by atoms with E-state index in [2.05, 4.69) is 10.3 Å². The summed E-state index contributed by atoms with van der Waals surface area (Å²) in [5, 5.41) is 8.23. The summed E-state index contributed by atoms with van der Waals surface area (Å²) in [4.78, 5) is 13.8. The van der Waals surface area contributed by atoms with Gasteiger partial charge in [-0.3, -0.25) is 9.48 Å². The number of carbonyl (C=O) groups is 1. The van der Waals surface area contributed by atoms with Crippen LogP contribution < -0.4 is 10.6 Å². The number of para-hydroxylation sites is 1. The molecule has 0 saturated carbocycles. The van der Waals surface area contributed by atoms with Crippen molar-refractivity contribution < 1.29 is 9.32 Å². The number of nitrogens with zero attached hydrogens (tertiary/aromatic N) is 4. The Morgan fingerprint density at radius 1 is 1.42 bits per heavy atom. The molecule has 1 aliphatic rings. The number of anilines is 1. The number of nitrogens with two attached hydrogens (primary N) is 1. The first-order chi connectivity index (χ1) is 11.6. The van der Waals surface area contributed by atoms with Crippen molar-refractivity contribution in [1.82, 2.24) is 14.9 Å². The number of benzene rings is 1. The molecule has 1 amide bonds. The Hall–Kier alpha value is -3.09. The SMILES string of the molecule is Cn1cc(-c2cc(CN3c4ccccc4C[C@H]3C(N)=O)on2)cn1. The van der Waals surface area contributed by atoms with Gasteiger partial charge in [-0.25, -0.2) is 0 Å². The average Bonchev–Trinajstić information content (AvgIpc) is 3.27. The van der Waals surface area contributed by atoms with Crippen LogP contribution in [0.2, 0.25) is 0 Å². The molecule has 24 heavy (non-hydrogen) atoms. The molecule has 3 aromatic rings. The van der Waals surface area contributed by atoms with Crippen molar-refractivity contribution in [2.75, 3.05) is 4.90 Å². The predicted octanol–water partition coefficient (Wildman–Crippen LogP) is 1.49. The van der Waals surface area contributed by atoms with Gasteiger partial charge in [-0.15, -0.1) is 0 Å². The molecule has 0 aliphatic carbocycles. The highest BCUT2D eigenvalue weighted by Gasteiger charge is 2.33. The van der Waals surface area contributed by atoms with E-state index in [9.17, 15) is 4.79 Å². The first-order valence-electron chi connectivity index (χ1n) is 7.70. The minimum Gasteiger partial charge on any atom is -0.368 e. The van der Waals surface area contributed by atoms with Crippen molar-refractivity contribution in [2.45, 2.75) is 19.0 Å². The number of hydrogen-bond acceptors (Lipinski definition) is 5. The van der Waals surface area contributed by atoms with E-state index in [1.807, 2.05) is 48.5 Å². The fraction of sp³-hybridized carbons (Fsp3) is 0.235. The highest BCUT2D eigenvalue weighted by Crippen LogP contribution is 2.33. The van der Waals surface area contributed by atoms with E-state index in [1.54, 1.807) is 10.9 Å². The van der Waals surface area contributed by atoms with Crippen LogP contribution in [0.5, 0.6) is 0 Å².